The summed E-state index contributed by atoms with van der Waals surface area (Å²) in [6.07, 6.45) is 0. The van der Waals surface area contributed by atoms with Crippen LogP contribution in [0.1, 0.15) is 22.8 Å². The second-order valence-electron chi connectivity index (χ2n) is 4.74. The Morgan fingerprint density at radius 1 is 1.15 bits per heavy atom. The van der Waals surface area contributed by atoms with Crippen molar-refractivity contribution in [3.05, 3.63) is 65.5 Å². The summed E-state index contributed by atoms with van der Waals surface area (Å²) < 4.78 is 13.2. The fraction of sp³-hybridized carbons (Fsp3) is 0.235. The third-order valence-corrected chi connectivity index (χ3v) is 3.32. The molecule has 2 aromatic rings. The highest BCUT2D eigenvalue weighted by molar-refractivity contribution is 5.99. The minimum Gasteiger partial charge on any atom is -0.364 e. The quantitative estimate of drug-likeness (QED) is 0.770. The molecule has 0 saturated heterocycles. The molecule has 2 nitrogen and oxygen atoms in total. The van der Waals surface area contributed by atoms with Gasteiger partial charge in [-0.05, 0) is 49.7 Å². The first-order valence-corrected chi connectivity index (χ1v) is 6.71. The van der Waals surface area contributed by atoms with Gasteiger partial charge in [-0.1, -0.05) is 18.2 Å². The topological polar surface area (TPSA) is 20.3 Å². The van der Waals surface area contributed by atoms with Gasteiger partial charge < -0.3 is 4.90 Å². The van der Waals surface area contributed by atoms with E-state index in [0.29, 0.717) is 17.7 Å². The summed E-state index contributed by atoms with van der Waals surface area (Å²) in [6.45, 7) is 4.72. The van der Waals surface area contributed by atoms with Crippen molar-refractivity contribution in [2.24, 2.45) is 0 Å². The number of likely N-dealkylation sites (N-methyl/N-ethyl adjacent to an activating group) is 1. The van der Waals surface area contributed by atoms with Crippen molar-refractivity contribution in [1.29, 1.82) is 0 Å². The Hall–Kier alpha value is -2.16. The number of para-hydroxylation sites is 1. The molecule has 0 radical (unpaired) electrons. The zero-order chi connectivity index (χ0) is 14.5. The number of hydrogen-bond donors (Lipinski definition) is 0. The van der Waals surface area contributed by atoms with E-state index in [4.69, 9.17) is 0 Å². The van der Waals surface area contributed by atoms with Gasteiger partial charge in [0.15, 0.2) is 5.78 Å². The third-order valence-electron chi connectivity index (χ3n) is 3.32. The van der Waals surface area contributed by atoms with Crippen LogP contribution in [0.25, 0.3) is 0 Å². The van der Waals surface area contributed by atoms with E-state index in [-0.39, 0.29) is 11.6 Å². The summed E-state index contributed by atoms with van der Waals surface area (Å²) in [4.78, 5) is 14.3. The third kappa shape index (κ3) is 3.23. The Morgan fingerprint density at radius 2 is 1.85 bits per heavy atom. The van der Waals surface area contributed by atoms with E-state index in [2.05, 4.69) is 0 Å². The molecule has 2 rings (SSSR count). The molecule has 0 aliphatic rings. The highest BCUT2D eigenvalue weighted by Gasteiger charge is 2.12. The maximum absolute atomic E-state index is 13.2. The largest absolute Gasteiger partial charge is 0.364 e. The van der Waals surface area contributed by atoms with Crippen LogP contribution in [0, 0.1) is 12.7 Å². The predicted octanol–water partition coefficient (Wildman–Crippen LogP) is 3.84. The zero-order valence-electron chi connectivity index (χ0n) is 11.8. The minimum absolute atomic E-state index is 0.00111. The van der Waals surface area contributed by atoms with E-state index >= 15 is 0 Å². The number of ketones is 1. The highest BCUT2D eigenvalue weighted by Crippen LogP contribution is 2.15. The molecule has 0 aliphatic carbocycles. The van der Waals surface area contributed by atoms with Crippen LogP contribution in [0.4, 0.5) is 10.1 Å². The first-order valence-electron chi connectivity index (χ1n) is 6.71. The molecule has 0 aliphatic heterocycles. The lowest BCUT2D eigenvalue weighted by Crippen LogP contribution is -2.29. The molecule has 0 N–H and O–H groups in total. The molecular formula is C17H18FNO. The van der Waals surface area contributed by atoms with Gasteiger partial charge in [-0.3, -0.25) is 4.79 Å². The molecule has 0 amide bonds. The molecule has 0 atom stereocenters. The van der Waals surface area contributed by atoms with Crippen LogP contribution < -0.4 is 4.90 Å². The monoisotopic (exact) mass is 271 g/mol. The molecule has 0 unspecified atom stereocenters. The number of nitrogens with zero attached hydrogens (tertiary/aromatic N) is 1. The maximum Gasteiger partial charge on any atom is 0.182 e. The highest BCUT2D eigenvalue weighted by atomic mass is 19.1. The van der Waals surface area contributed by atoms with Gasteiger partial charge in [0.1, 0.15) is 5.82 Å². The van der Waals surface area contributed by atoms with E-state index in [1.807, 2.05) is 42.2 Å². The number of hydrogen-bond acceptors (Lipinski definition) is 2. The zero-order valence-corrected chi connectivity index (χ0v) is 11.8. The van der Waals surface area contributed by atoms with E-state index in [0.717, 1.165) is 12.2 Å². The van der Waals surface area contributed by atoms with Crippen LogP contribution in [-0.2, 0) is 0 Å². The van der Waals surface area contributed by atoms with Crippen molar-refractivity contribution in [2.75, 3.05) is 18.0 Å². The second-order valence-corrected chi connectivity index (χ2v) is 4.74. The molecule has 104 valence electrons. The Balaban J connectivity index is 2.15. The van der Waals surface area contributed by atoms with Gasteiger partial charge in [0.05, 0.1) is 6.54 Å². The Kier molecular flexibility index (Phi) is 4.51. The van der Waals surface area contributed by atoms with Crippen molar-refractivity contribution < 1.29 is 9.18 Å². The number of anilines is 1. The molecule has 3 heteroatoms. The van der Waals surface area contributed by atoms with Crippen molar-refractivity contribution in [2.45, 2.75) is 13.8 Å². The van der Waals surface area contributed by atoms with Crippen LogP contribution in [0.3, 0.4) is 0 Å². The molecule has 0 fully saturated rings. The summed E-state index contributed by atoms with van der Waals surface area (Å²) in [5, 5.41) is 0. The SMILES string of the molecule is CCN(CC(=O)c1ccc(F)c(C)c1)c1ccccc1. The number of aryl methyl sites for hydroxylation is 1. The molecule has 0 aromatic heterocycles. The summed E-state index contributed by atoms with van der Waals surface area (Å²) >= 11 is 0. The van der Waals surface area contributed by atoms with E-state index < -0.39 is 0 Å². The number of benzene rings is 2. The molecule has 20 heavy (non-hydrogen) atoms. The lowest BCUT2D eigenvalue weighted by Gasteiger charge is -2.22. The van der Waals surface area contributed by atoms with Crippen LogP contribution in [0.5, 0.6) is 0 Å². The molecular weight excluding hydrogens is 253 g/mol. The molecule has 0 heterocycles. The Labute approximate surface area is 118 Å². The fourth-order valence-corrected chi connectivity index (χ4v) is 2.11. The Bertz CT molecular complexity index is 595. The lowest BCUT2D eigenvalue weighted by atomic mass is 10.1. The predicted molar refractivity (Wildman–Crippen MR) is 79.8 cm³/mol. The first kappa shape index (κ1) is 14.3. The number of Topliss-reactive ketones (excluding diaryl/α,β-unsaturated/α-hetero) is 1. The van der Waals surface area contributed by atoms with Gasteiger partial charge in [0, 0.05) is 17.8 Å². The fourth-order valence-electron chi connectivity index (χ4n) is 2.11. The average Bonchev–Trinajstić information content (AvgIpc) is 2.48. The number of carbonyl (C=O) groups excluding carboxylic acids is 1. The van der Waals surface area contributed by atoms with Crippen LogP contribution in [-0.4, -0.2) is 18.9 Å². The molecule has 2 aromatic carbocycles. The van der Waals surface area contributed by atoms with Gasteiger partial charge in [0.2, 0.25) is 0 Å². The number of halogens is 1. The first-order chi connectivity index (χ1) is 9.61. The summed E-state index contributed by atoms with van der Waals surface area (Å²) in [5.41, 5.74) is 2.07. The maximum atomic E-state index is 13.2. The normalized spacial score (nSPS) is 10.3. The molecule has 0 saturated carbocycles. The lowest BCUT2D eigenvalue weighted by molar-refractivity contribution is 0.0999. The summed E-state index contributed by atoms with van der Waals surface area (Å²) in [6, 6.07) is 14.3. The molecule has 0 bridgehead atoms. The smallest absolute Gasteiger partial charge is 0.182 e. The van der Waals surface area contributed by atoms with Gasteiger partial charge in [0.25, 0.3) is 0 Å². The van der Waals surface area contributed by atoms with Gasteiger partial charge in [-0.15, -0.1) is 0 Å². The van der Waals surface area contributed by atoms with Gasteiger partial charge >= 0.3 is 0 Å². The van der Waals surface area contributed by atoms with Crippen molar-refractivity contribution in [3.63, 3.8) is 0 Å². The molecule has 0 spiro atoms. The summed E-state index contributed by atoms with van der Waals surface area (Å²) in [7, 11) is 0. The Morgan fingerprint density at radius 3 is 2.45 bits per heavy atom. The van der Waals surface area contributed by atoms with Crippen molar-refractivity contribution in [3.8, 4) is 0 Å². The van der Waals surface area contributed by atoms with E-state index in [1.165, 1.54) is 6.07 Å². The second kappa shape index (κ2) is 6.33. The standard InChI is InChI=1S/C17H18FNO/c1-3-19(15-7-5-4-6-8-15)12-17(20)14-9-10-16(18)13(2)11-14/h4-11H,3,12H2,1-2H3. The van der Waals surface area contributed by atoms with Gasteiger partial charge in [-0.2, -0.15) is 0 Å². The van der Waals surface area contributed by atoms with Crippen LogP contribution in [0.15, 0.2) is 48.5 Å². The number of carbonyl (C=O) groups is 1. The van der Waals surface area contributed by atoms with Crippen molar-refractivity contribution >= 4 is 11.5 Å². The summed E-state index contributed by atoms with van der Waals surface area (Å²) in [5.74, 6) is -0.282. The van der Waals surface area contributed by atoms with E-state index in [9.17, 15) is 9.18 Å². The van der Waals surface area contributed by atoms with Crippen molar-refractivity contribution in [1.82, 2.24) is 0 Å². The van der Waals surface area contributed by atoms with Crippen LogP contribution >= 0.6 is 0 Å². The van der Waals surface area contributed by atoms with E-state index in [1.54, 1.807) is 19.1 Å². The van der Waals surface area contributed by atoms with Crippen LogP contribution in [0.2, 0.25) is 0 Å². The van der Waals surface area contributed by atoms with Gasteiger partial charge in [-0.25, -0.2) is 4.39 Å². The average molecular weight is 271 g/mol. The number of rotatable bonds is 5. The minimum atomic E-state index is -0.281.